The van der Waals surface area contributed by atoms with Crippen LogP contribution in [0.3, 0.4) is 0 Å². The Labute approximate surface area is 339 Å². The van der Waals surface area contributed by atoms with E-state index in [9.17, 15) is 23.8 Å². The van der Waals surface area contributed by atoms with Crippen molar-refractivity contribution in [1.82, 2.24) is 0 Å². The van der Waals surface area contributed by atoms with Crippen LogP contribution in [-0.2, 0) is 37.5 Å². The Bertz CT molecular complexity index is 1140. The fourth-order valence-electron chi connectivity index (χ4n) is 5.70. The van der Waals surface area contributed by atoms with Gasteiger partial charge in [-0.15, -0.1) is 0 Å². The summed E-state index contributed by atoms with van der Waals surface area (Å²) in [4.78, 5) is 45.9. The van der Waals surface area contributed by atoms with E-state index in [-0.39, 0.29) is 19.4 Å². The van der Waals surface area contributed by atoms with E-state index in [1.807, 2.05) is 0 Å². The van der Waals surface area contributed by atoms with Crippen molar-refractivity contribution in [3.63, 3.8) is 0 Å². The normalized spacial score (nSPS) is 14.2. The van der Waals surface area contributed by atoms with Crippen molar-refractivity contribution in [1.29, 1.82) is 0 Å². The van der Waals surface area contributed by atoms with Gasteiger partial charge in [0.25, 0.3) is 0 Å². The first kappa shape index (κ1) is 53.4. The van der Waals surface area contributed by atoms with E-state index >= 15 is 0 Å². The van der Waals surface area contributed by atoms with Gasteiger partial charge in [-0.3, -0.25) is 23.4 Å². The summed E-state index contributed by atoms with van der Waals surface area (Å²) in [6.07, 6.45) is 43.2. The molecular weight excluding hydrogens is 733 g/mol. The van der Waals surface area contributed by atoms with Gasteiger partial charge in [-0.1, -0.05) is 165 Å². The summed E-state index contributed by atoms with van der Waals surface area (Å²) in [7, 11) is -4.73. The van der Waals surface area contributed by atoms with E-state index in [2.05, 4.69) is 67.0 Å². The number of ether oxygens (including phenoxy) is 2. The molecule has 324 valence electrons. The molecule has 11 nitrogen and oxygen atoms in total. The van der Waals surface area contributed by atoms with Gasteiger partial charge in [0.15, 0.2) is 6.10 Å². The average molecular weight is 812 g/mol. The Morgan fingerprint density at radius 2 is 1.00 bits per heavy atom. The summed E-state index contributed by atoms with van der Waals surface area (Å²) in [6.45, 7) is 2.65. The lowest BCUT2D eigenvalue weighted by Gasteiger charge is -2.20. The minimum absolute atomic E-state index is 0.109. The molecule has 0 saturated carbocycles. The van der Waals surface area contributed by atoms with Crippen LogP contribution in [0.5, 0.6) is 0 Å². The highest BCUT2D eigenvalue weighted by Crippen LogP contribution is 2.43. The van der Waals surface area contributed by atoms with Gasteiger partial charge in [-0.05, 0) is 51.4 Å². The smallest absolute Gasteiger partial charge is 0.472 e. The summed E-state index contributed by atoms with van der Waals surface area (Å²) < 4.78 is 32.6. The number of carboxylic acids is 1. The lowest BCUT2D eigenvalue weighted by atomic mass is 10.0. The molecule has 0 saturated heterocycles. The summed E-state index contributed by atoms with van der Waals surface area (Å²) in [5.41, 5.74) is 5.33. The fourth-order valence-corrected chi connectivity index (χ4v) is 6.48. The van der Waals surface area contributed by atoms with Gasteiger partial charge in [0.2, 0.25) is 0 Å². The number of carbonyl (C=O) groups is 3. The number of unbranched alkanes of at least 4 members (excludes halogenated alkanes) is 18. The number of rotatable bonds is 40. The molecule has 4 N–H and O–H groups in total. The van der Waals surface area contributed by atoms with Gasteiger partial charge in [0.1, 0.15) is 12.6 Å². The highest BCUT2D eigenvalue weighted by molar-refractivity contribution is 7.47. The maximum atomic E-state index is 12.6. The van der Waals surface area contributed by atoms with Crippen molar-refractivity contribution < 1.29 is 47.5 Å². The Hall–Kier alpha value is -2.56. The maximum Gasteiger partial charge on any atom is 0.472 e. The van der Waals surface area contributed by atoms with Crippen LogP contribution in [-0.4, -0.2) is 59.9 Å². The molecule has 0 rings (SSSR count). The molecule has 12 heteroatoms. The monoisotopic (exact) mass is 812 g/mol. The van der Waals surface area contributed by atoms with Gasteiger partial charge in [-0.25, -0.2) is 4.57 Å². The first-order valence-corrected chi connectivity index (χ1v) is 23.2. The van der Waals surface area contributed by atoms with Crippen LogP contribution in [0.25, 0.3) is 0 Å². The van der Waals surface area contributed by atoms with Crippen LogP contribution >= 0.6 is 7.82 Å². The van der Waals surface area contributed by atoms with Gasteiger partial charge in [-0.2, -0.15) is 0 Å². The van der Waals surface area contributed by atoms with Crippen molar-refractivity contribution in [2.75, 3.05) is 19.8 Å². The lowest BCUT2D eigenvalue weighted by Crippen LogP contribution is -2.34. The van der Waals surface area contributed by atoms with Crippen LogP contribution in [0.15, 0.2) is 48.6 Å². The largest absolute Gasteiger partial charge is 0.480 e. The molecule has 1 unspecified atom stereocenters. The molecule has 0 radical (unpaired) electrons. The molecule has 3 atom stereocenters. The second-order valence-electron chi connectivity index (χ2n) is 14.5. The molecule has 0 spiro atoms. The molecule has 56 heavy (non-hydrogen) atoms. The third-order valence-electron chi connectivity index (χ3n) is 9.09. The Morgan fingerprint density at radius 1 is 0.571 bits per heavy atom. The molecule has 0 amide bonds. The highest BCUT2D eigenvalue weighted by Gasteiger charge is 2.28. The van der Waals surface area contributed by atoms with E-state index in [0.717, 1.165) is 57.8 Å². The highest BCUT2D eigenvalue weighted by atomic mass is 31.2. The van der Waals surface area contributed by atoms with E-state index in [0.29, 0.717) is 12.8 Å². The number of aliphatic carboxylic acids is 1. The van der Waals surface area contributed by atoms with E-state index in [1.54, 1.807) is 0 Å². The third-order valence-corrected chi connectivity index (χ3v) is 10.0. The zero-order valence-electron chi connectivity index (χ0n) is 35.0. The predicted octanol–water partition coefficient (Wildman–Crippen LogP) is 11.4. The molecule has 0 aliphatic carbocycles. The Kier molecular flexibility index (Phi) is 37.5. The minimum Gasteiger partial charge on any atom is -0.480 e. The van der Waals surface area contributed by atoms with E-state index < -0.39 is 51.1 Å². The second kappa shape index (κ2) is 39.3. The number of esters is 2. The van der Waals surface area contributed by atoms with E-state index in [4.69, 9.17) is 24.8 Å². The summed E-state index contributed by atoms with van der Waals surface area (Å²) in [5.74, 6) is -2.43. The van der Waals surface area contributed by atoms with Crippen LogP contribution in [0.2, 0.25) is 0 Å². The summed E-state index contributed by atoms with van der Waals surface area (Å²) >= 11 is 0. The van der Waals surface area contributed by atoms with Crippen LogP contribution in [0.4, 0.5) is 0 Å². The predicted molar refractivity (Wildman–Crippen MR) is 226 cm³/mol. The number of hydrogen-bond acceptors (Lipinski definition) is 9. The molecule has 0 bridgehead atoms. The number of carboxylic acid groups (broad SMARTS) is 1. The topological polar surface area (TPSA) is 172 Å². The lowest BCUT2D eigenvalue weighted by molar-refractivity contribution is -0.161. The second-order valence-corrected chi connectivity index (χ2v) is 15.9. The number of hydrogen-bond donors (Lipinski definition) is 3. The van der Waals surface area contributed by atoms with Gasteiger partial charge < -0.3 is 25.2 Å². The molecular formula is C44H78NO10P. The van der Waals surface area contributed by atoms with Crippen molar-refractivity contribution in [2.45, 2.75) is 193 Å². The molecule has 0 aromatic rings. The standard InChI is InChI=1S/C44H78NO10P/c1-3-5-7-9-11-13-15-17-19-20-22-23-25-27-29-31-33-35-42(46)52-37-40(38-53-56(50,51)54-39-41(45)44(48)49)55-43(47)36-34-32-30-28-26-24-21-18-16-14-12-10-8-6-4-2/h6,8,12,14,18,21,26,28,40-41H,3-5,7,9-11,13,15-17,19-20,22-25,27,29-39,45H2,1-2H3,(H,48,49)(H,50,51)/b8-6-,14-12-,21-18-,28-26-/t40-,41+/m1/s1. The van der Waals surface area contributed by atoms with Crippen molar-refractivity contribution in [3.05, 3.63) is 48.6 Å². The number of nitrogens with two attached hydrogens (primary N) is 1. The third kappa shape index (κ3) is 38.3. The quantitative estimate of drug-likeness (QED) is 0.0233. The Morgan fingerprint density at radius 3 is 1.50 bits per heavy atom. The molecule has 0 heterocycles. The van der Waals surface area contributed by atoms with Gasteiger partial charge in [0, 0.05) is 12.8 Å². The van der Waals surface area contributed by atoms with E-state index in [1.165, 1.54) is 83.5 Å². The van der Waals surface area contributed by atoms with Crippen molar-refractivity contribution in [3.8, 4) is 0 Å². The minimum atomic E-state index is -4.73. The maximum absolute atomic E-state index is 12.6. The first-order chi connectivity index (χ1) is 27.1. The van der Waals surface area contributed by atoms with Crippen molar-refractivity contribution in [2.24, 2.45) is 5.73 Å². The van der Waals surface area contributed by atoms with Gasteiger partial charge in [0.05, 0.1) is 13.2 Å². The molecule has 0 aliphatic heterocycles. The SMILES string of the molecule is CC/C=C\C/C=C\C/C=C\C/C=C\CCCCC(=O)O[C@H](COC(=O)CCCCCCCCCCCCCCCCCCC)COP(=O)(O)OC[C@H](N)C(=O)O. The number of allylic oxidation sites excluding steroid dienone is 8. The van der Waals surface area contributed by atoms with Crippen LogP contribution in [0.1, 0.15) is 181 Å². The number of phosphoric acid groups is 1. The molecule has 0 aromatic carbocycles. The molecule has 0 aromatic heterocycles. The zero-order valence-corrected chi connectivity index (χ0v) is 35.9. The number of phosphoric ester groups is 1. The van der Waals surface area contributed by atoms with Gasteiger partial charge >= 0.3 is 25.7 Å². The van der Waals surface area contributed by atoms with Crippen molar-refractivity contribution >= 4 is 25.7 Å². The first-order valence-electron chi connectivity index (χ1n) is 21.7. The molecule has 0 aliphatic rings. The van der Waals surface area contributed by atoms with Crippen LogP contribution in [0, 0.1) is 0 Å². The fraction of sp³-hybridized carbons (Fsp3) is 0.750. The summed E-state index contributed by atoms with van der Waals surface area (Å²) in [6, 6.07) is -1.53. The van der Waals surface area contributed by atoms with Crippen LogP contribution < -0.4 is 5.73 Å². The summed E-state index contributed by atoms with van der Waals surface area (Å²) in [5, 5.41) is 8.88. The zero-order chi connectivity index (χ0) is 41.4. The number of carbonyl (C=O) groups excluding carboxylic acids is 2. The molecule has 0 fully saturated rings. The average Bonchev–Trinajstić information content (AvgIpc) is 3.17. The Balaban J connectivity index is 4.40.